The van der Waals surface area contributed by atoms with E-state index < -0.39 is 54.9 Å². The van der Waals surface area contributed by atoms with Gasteiger partial charge in [0.25, 0.3) is 5.56 Å². The molecule has 148 valence electrons. The zero-order valence-corrected chi connectivity index (χ0v) is 16.0. The topological polar surface area (TPSA) is 157 Å². The van der Waals surface area contributed by atoms with Crippen molar-refractivity contribution in [2.24, 2.45) is 0 Å². The average molecular weight is 435 g/mol. The Hall–Kier alpha value is -1.20. The normalized spacial score (nSPS) is 15.3. The summed E-state index contributed by atoms with van der Waals surface area (Å²) in [6, 6.07) is 0. The molecule has 0 saturated carbocycles. The summed E-state index contributed by atoms with van der Waals surface area (Å²) in [6.07, 6.45) is -7.97. The Morgan fingerprint density at radius 1 is 1.38 bits per heavy atom. The third kappa shape index (κ3) is 7.20. The zero-order valence-electron chi connectivity index (χ0n) is 13.6. The predicted molar refractivity (Wildman–Crippen MR) is 90.1 cm³/mol. The minimum absolute atomic E-state index is 0.171. The number of halogens is 2. The summed E-state index contributed by atoms with van der Waals surface area (Å²) in [5.41, 5.74) is -2.05. The fourth-order valence-corrected chi connectivity index (χ4v) is 2.38. The molecular formula is C12H17Cl2N2O9P. The summed E-state index contributed by atoms with van der Waals surface area (Å²) >= 11 is 10.4. The van der Waals surface area contributed by atoms with Crippen LogP contribution in [0.3, 0.4) is 0 Å². The number of nitrogens with one attached hydrogen (secondary N) is 1. The van der Waals surface area contributed by atoms with E-state index in [1.807, 2.05) is 4.98 Å². The third-order valence-corrected chi connectivity index (χ3v) is 4.10. The highest BCUT2D eigenvalue weighted by atomic mass is 35.9. The maximum Gasteiger partial charge on any atom is 0.380 e. The summed E-state index contributed by atoms with van der Waals surface area (Å²) in [6.45, 7) is 0.707. The summed E-state index contributed by atoms with van der Waals surface area (Å²) < 4.78 is 25.8. The van der Waals surface area contributed by atoms with Gasteiger partial charge in [0.15, 0.2) is 0 Å². The number of nitrogens with zero attached hydrogens (tertiary/aromatic N) is 1. The van der Waals surface area contributed by atoms with Crippen LogP contribution >= 0.6 is 28.6 Å². The van der Waals surface area contributed by atoms with E-state index in [0.29, 0.717) is 4.57 Å². The van der Waals surface area contributed by atoms with E-state index in [4.69, 9.17) is 27.2 Å². The first-order valence-electron chi connectivity index (χ1n) is 7.01. The van der Waals surface area contributed by atoms with Crippen LogP contribution in [-0.4, -0.2) is 51.7 Å². The van der Waals surface area contributed by atoms with Crippen molar-refractivity contribution in [3.05, 3.63) is 32.6 Å². The Balaban J connectivity index is 3.03. The predicted octanol–water partition coefficient (Wildman–Crippen LogP) is 0.0688. The Labute approximate surface area is 156 Å². The summed E-state index contributed by atoms with van der Waals surface area (Å²) in [4.78, 5) is 36.7. The number of hydrogen-bond donors (Lipinski definition) is 3. The van der Waals surface area contributed by atoms with E-state index in [2.05, 4.69) is 9.26 Å². The SMILES string of the molecule is COC(=O)Cc1cn([C@@H](O)O[C@H](COP(=O)(Cl)Cl)[C@@H](C)O)c(=O)[nH]c1=O. The molecule has 0 radical (unpaired) electrons. The van der Waals surface area contributed by atoms with E-state index in [0.717, 1.165) is 13.3 Å². The van der Waals surface area contributed by atoms with Crippen molar-refractivity contribution in [3.63, 3.8) is 0 Å². The number of carbonyl (C=O) groups is 1. The number of aromatic nitrogens is 2. The first-order valence-corrected chi connectivity index (χ1v) is 10.4. The number of H-pyrrole nitrogens is 1. The second-order valence-corrected chi connectivity index (χ2v) is 9.30. The molecule has 1 aromatic rings. The van der Waals surface area contributed by atoms with Crippen LogP contribution in [0.15, 0.2) is 15.8 Å². The molecule has 1 heterocycles. The van der Waals surface area contributed by atoms with Gasteiger partial charge in [-0.1, -0.05) is 0 Å². The number of aromatic amines is 1. The number of methoxy groups -OCH3 is 1. The molecule has 0 amide bonds. The van der Waals surface area contributed by atoms with Gasteiger partial charge in [0.1, 0.15) is 6.10 Å². The van der Waals surface area contributed by atoms with Crippen molar-refractivity contribution in [3.8, 4) is 0 Å². The zero-order chi connectivity index (χ0) is 20.1. The number of carbonyl (C=O) groups excluding carboxylic acids is 1. The molecule has 0 aliphatic rings. The van der Waals surface area contributed by atoms with Crippen molar-refractivity contribution < 1.29 is 33.6 Å². The molecule has 0 bridgehead atoms. The molecule has 3 atom stereocenters. The van der Waals surface area contributed by atoms with Gasteiger partial charge in [0.05, 0.1) is 26.2 Å². The average Bonchev–Trinajstić information content (AvgIpc) is 2.52. The quantitative estimate of drug-likeness (QED) is 0.277. The highest BCUT2D eigenvalue weighted by Crippen LogP contribution is 2.57. The molecular weight excluding hydrogens is 418 g/mol. The van der Waals surface area contributed by atoms with Gasteiger partial charge in [-0.3, -0.25) is 19.1 Å². The van der Waals surface area contributed by atoms with Crippen LogP contribution in [0, 0.1) is 0 Å². The van der Waals surface area contributed by atoms with Crippen molar-refractivity contribution in [2.45, 2.75) is 32.0 Å². The van der Waals surface area contributed by atoms with Gasteiger partial charge in [0.2, 0.25) is 6.41 Å². The summed E-state index contributed by atoms with van der Waals surface area (Å²) in [7, 11) is 1.12. The number of hydrogen-bond acceptors (Lipinski definition) is 9. The number of esters is 1. The van der Waals surface area contributed by atoms with E-state index in [-0.39, 0.29) is 5.56 Å². The van der Waals surface area contributed by atoms with Gasteiger partial charge in [-0.15, -0.1) is 0 Å². The second-order valence-electron chi connectivity index (χ2n) is 5.03. The molecule has 11 nitrogen and oxygen atoms in total. The largest absolute Gasteiger partial charge is 0.469 e. The molecule has 14 heteroatoms. The summed E-state index contributed by atoms with van der Waals surface area (Å²) in [5, 5.41) is 19.7. The number of ether oxygens (including phenoxy) is 2. The number of aliphatic hydroxyl groups is 2. The van der Waals surface area contributed by atoms with Gasteiger partial charge in [-0.05, 0) is 29.4 Å². The fraction of sp³-hybridized carbons (Fsp3) is 0.583. The molecule has 0 saturated heterocycles. The molecule has 1 aromatic heterocycles. The Bertz CT molecular complexity index is 788. The van der Waals surface area contributed by atoms with Crippen LogP contribution in [-0.2, 0) is 29.8 Å². The highest BCUT2D eigenvalue weighted by Gasteiger charge is 2.26. The molecule has 0 aliphatic carbocycles. The third-order valence-electron chi connectivity index (χ3n) is 3.07. The van der Waals surface area contributed by atoms with Crippen molar-refractivity contribution in [2.75, 3.05) is 13.7 Å². The number of aliphatic hydroxyl groups excluding tert-OH is 2. The standard InChI is InChI=1S/C12H17Cl2N2O9P/c1-6(17)8(5-24-26(13,14)22)25-12(21)16-4-7(3-9(18)23-2)10(19)15-11(16)20/h4,6,8,12,17,21H,3,5H2,1-2H3,(H,15,19,20)/t6-,8-,12+/m1/s1. The van der Waals surface area contributed by atoms with Crippen molar-refractivity contribution in [1.82, 2.24) is 9.55 Å². The fourth-order valence-electron chi connectivity index (χ4n) is 1.72. The number of rotatable bonds is 9. The lowest BCUT2D eigenvalue weighted by Crippen LogP contribution is -2.39. The Kier molecular flexibility index (Phi) is 8.48. The van der Waals surface area contributed by atoms with Crippen LogP contribution in [0.5, 0.6) is 0 Å². The lowest BCUT2D eigenvalue weighted by molar-refractivity contribution is -0.211. The van der Waals surface area contributed by atoms with Crippen molar-refractivity contribution >= 4 is 34.5 Å². The maximum absolute atomic E-state index is 11.8. The minimum atomic E-state index is -3.91. The lowest BCUT2D eigenvalue weighted by Gasteiger charge is -2.24. The molecule has 3 N–H and O–H groups in total. The van der Waals surface area contributed by atoms with Crippen molar-refractivity contribution in [1.29, 1.82) is 0 Å². The van der Waals surface area contributed by atoms with E-state index in [1.165, 1.54) is 6.92 Å². The van der Waals surface area contributed by atoms with Gasteiger partial charge in [-0.25, -0.2) is 9.36 Å². The molecule has 0 unspecified atom stereocenters. The molecule has 0 fully saturated rings. The van der Waals surface area contributed by atoms with Gasteiger partial charge in [0, 0.05) is 11.8 Å². The van der Waals surface area contributed by atoms with Crippen LogP contribution in [0.1, 0.15) is 18.9 Å². The first-order chi connectivity index (χ1) is 11.9. The van der Waals surface area contributed by atoms with E-state index in [1.54, 1.807) is 0 Å². The van der Waals surface area contributed by atoms with E-state index >= 15 is 0 Å². The smallest absolute Gasteiger partial charge is 0.380 e. The maximum atomic E-state index is 11.8. The van der Waals surface area contributed by atoms with Gasteiger partial charge in [-0.2, -0.15) is 0 Å². The molecule has 0 aliphatic heterocycles. The Morgan fingerprint density at radius 3 is 2.50 bits per heavy atom. The van der Waals surface area contributed by atoms with Gasteiger partial charge >= 0.3 is 17.7 Å². The van der Waals surface area contributed by atoms with Crippen LogP contribution < -0.4 is 11.2 Å². The van der Waals surface area contributed by atoms with Gasteiger partial charge < -0.3 is 24.2 Å². The minimum Gasteiger partial charge on any atom is -0.469 e. The van der Waals surface area contributed by atoms with Crippen LogP contribution in [0.25, 0.3) is 0 Å². The summed E-state index contributed by atoms with van der Waals surface area (Å²) in [5.74, 6) is -0.744. The van der Waals surface area contributed by atoms with Crippen LogP contribution in [0.4, 0.5) is 0 Å². The lowest BCUT2D eigenvalue weighted by atomic mass is 10.2. The van der Waals surface area contributed by atoms with E-state index in [9.17, 15) is 29.2 Å². The first kappa shape index (κ1) is 22.8. The molecule has 0 spiro atoms. The highest BCUT2D eigenvalue weighted by molar-refractivity contribution is 8.05. The van der Waals surface area contributed by atoms with Crippen LogP contribution in [0.2, 0.25) is 0 Å². The molecule has 26 heavy (non-hydrogen) atoms. The molecule has 0 aromatic carbocycles. The Morgan fingerprint density at radius 2 is 2.00 bits per heavy atom. The molecule has 1 rings (SSSR count). The monoisotopic (exact) mass is 434 g/mol. The second kappa shape index (κ2) is 9.65.